The molecule has 2 fully saturated rings. The maximum atomic E-state index is 13.2. The average Bonchev–Trinajstić information content (AvgIpc) is 3.31. The molecule has 2 aliphatic rings. The lowest BCUT2D eigenvalue weighted by atomic mass is 10.1. The topological polar surface area (TPSA) is 102 Å². The lowest BCUT2D eigenvalue weighted by Gasteiger charge is -2.22. The van der Waals surface area contributed by atoms with Crippen molar-refractivity contribution in [2.75, 3.05) is 19.8 Å². The van der Waals surface area contributed by atoms with Gasteiger partial charge in [-0.1, -0.05) is 12.1 Å². The van der Waals surface area contributed by atoms with Gasteiger partial charge in [-0.05, 0) is 26.0 Å². The van der Waals surface area contributed by atoms with Crippen LogP contribution < -0.4 is 10.3 Å². The van der Waals surface area contributed by atoms with Crippen molar-refractivity contribution in [3.05, 3.63) is 40.2 Å². The van der Waals surface area contributed by atoms with E-state index in [4.69, 9.17) is 23.7 Å². The van der Waals surface area contributed by atoms with Crippen LogP contribution in [-0.2, 0) is 30.3 Å². The van der Waals surface area contributed by atoms with Gasteiger partial charge in [0.1, 0.15) is 18.0 Å². The molecule has 0 amide bonds. The van der Waals surface area contributed by atoms with Crippen molar-refractivity contribution in [2.45, 2.75) is 51.7 Å². The van der Waals surface area contributed by atoms with Crippen LogP contribution in [0.25, 0.3) is 10.9 Å². The molecule has 0 N–H and O–H groups in total. The van der Waals surface area contributed by atoms with Crippen molar-refractivity contribution in [3.63, 3.8) is 0 Å². The number of para-hydroxylation sites is 1. The first-order valence-corrected chi connectivity index (χ1v) is 10.4. The normalized spacial score (nSPS) is 24.7. The molecule has 9 nitrogen and oxygen atoms in total. The predicted molar refractivity (Wildman–Crippen MR) is 109 cm³/mol. The lowest BCUT2D eigenvalue weighted by molar-refractivity contribution is -0.150. The van der Waals surface area contributed by atoms with Gasteiger partial charge >= 0.3 is 11.9 Å². The maximum absolute atomic E-state index is 13.2. The Morgan fingerprint density at radius 1 is 1.10 bits per heavy atom. The van der Waals surface area contributed by atoms with Crippen LogP contribution >= 0.6 is 0 Å². The molecule has 2 aromatic rings. The van der Waals surface area contributed by atoms with E-state index in [9.17, 15) is 14.4 Å². The minimum atomic E-state index is -0.740. The summed E-state index contributed by atoms with van der Waals surface area (Å²) in [6, 6.07) is 7.23. The zero-order valence-electron chi connectivity index (χ0n) is 17.7. The van der Waals surface area contributed by atoms with Crippen LogP contribution in [0.2, 0.25) is 0 Å². The summed E-state index contributed by atoms with van der Waals surface area (Å²) in [5.41, 5.74) is 0.0225. The summed E-state index contributed by atoms with van der Waals surface area (Å²) in [6.07, 6.45) is -2.07. The highest BCUT2D eigenvalue weighted by Crippen LogP contribution is 2.35. The van der Waals surface area contributed by atoms with Gasteiger partial charge in [-0.25, -0.2) is 4.79 Å². The third kappa shape index (κ3) is 3.79. The van der Waals surface area contributed by atoms with Gasteiger partial charge in [-0.2, -0.15) is 0 Å². The number of rotatable bonds is 6. The molecule has 0 saturated carbocycles. The van der Waals surface area contributed by atoms with Gasteiger partial charge in [0, 0.05) is 18.9 Å². The minimum absolute atomic E-state index is 0.126. The smallest absolute Gasteiger partial charge is 0.347 e. The largest absolute Gasteiger partial charge is 0.483 e. The van der Waals surface area contributed by atoms with Gasteiger partial charge in [0.25, 0.3) is 5.56 Å². The highest BCUT2D eigenvalue weighted by atomic mass is 16.7. The number of fused-ring (bicyclic) bond motifs is 2. The fourth-order valence-corrected chi connectivity index (χ4v) is 4.19. The monoisotopic (exact) mass is 431 g/mol. The Hall–Kier alpha value is -2.91. The molecule has 4 rings (SSSR count). The third-order valence-electron chi connectivity index (χ3n) is 5.47. The van der Waals surface area contributed by atoms with Crippen LogP contribution in [-0.4, -0.2) is 60.7 Å². The number of ether oxygens (including phenoxy) is 5. The Morgan fingerprint density at radius 3 is 2.45 bits per heavy atom. The van der Waals surface area contributed by atoms with Crippen molar-refractivity contribution in [1.29, 1.82) is 0 Å². The molecule has 0 radical (unpaired) electrons. The summed E-state index contributed by atoms with van der Waals surface area (Å²) in [4.78, 5) is 37.3. The van der Waals surface area contributed by atoms with Crippen molar-refractivity contribution >= 4 is 22.8 Å². The summed E-state index contributed by atoms with van der Waals surface area (Å²) in [5.74, 6) is -1.01. The number of pyridine rings is 1. The van der Waals surface area contributed by atoms with Gasteiger partial charge in [-0.15, -0.1) is 0 Å². The standard InChI is InChI=1S/C22H25NO8/c1-4-23-14-9-7-6-8-13(14)18(17(21(23)25)22(26)27-5-2)31-16-11-29-19-15(30-12(3)24)10-28-20(16)19/h6-9,15-16,19-20H,4-5,10-11H2,1-3H3/t15-,16?,19+,20+/m0/s1. The van der Waals surface area contributed by atoms with Crippen LogP contribution in [0.5, 0.6) is 5.75 Å². The highest BCUT2D eigenvalue weighted by Gasteiger charge is 2.51. The number of benzene rings is 1. The number of hydrogen-bond acceptors (Lipinski definition) is 8. The molecule has 0 aliphatic carbocycles. The minimum Gasteiger partial charge on any atom is -0.483 e. The number of aryl methyl sites for hydroxylation is 1. The zero-order chi connectivity index (χ0) is 22.1. The van der Waals surface area contributed by atoms with Crippen LogP contribution in [0.15, 0.2) is 29.1 Å². The number of hydrogen-bond donors (Lipinski definition) is 0. The van der Waals surface area contributed by atoms with Crippen LogP contribution in [0, 0.1) is 0 Å². The fourth-order valence-electron chi connectivity index (χ4n) is 4.19. The SMILES string of the molecule is CCOC(=O)c1c(OC2CO[C@@H]3[C@@H](OC(C)=O)CO[C@H]23)c2ccccc2n(CC)c1=O. The fraction of sp³-hybridized carbons (Fsp3) is 0.500. The Balaban J connectivity index is 1.75. The Kier molecular flexibility index (Phi) is 5.97. The second-order valence-electron chi connectivity index (χ2n) is 7.39. The molecule has 2 saturated heterocycles. The number of esters is 2. The third-order valence-corrected chi connectivity index (χ3v) is 5.47. The molecule has 31 heavy (non-hydrogen) atoms. The van der Waals surface area contributed by atoms with Crippen LogP contribution in [0.1, 0.15) is 31.1 Å². The van der Waals surface area contributed by atoms with E-state index in [-0.39, 0.29) is 31.1 Å². The maximum Gasteiger partial charge on any atom is 0.347 e. The quantitative estimate of drug-likeness (QED) is 0.637. The van der Waals surface area contributed by atoms with E-state index < -0.39 is 41.9 Å². The summed E-state index contributed by atoms with van der Waals surface area (Å²) in [5, 5.41) is 0.616. The van der Waals surface area contributed by atoms with E-state index in [1.54, 1.807) is 19.1 Å². The molecule has 2 aliphatic heterocycles. The Morgan fingerprint density at radius 2 is 1.77 bits per heavy atom. The molecule has 0 bridgehead atoms. The first-order chi connectivity index (χ1) is 15.0. The lowest BCUT2D eigenvalue weighted by Crippen LogP contribution is -2.37. The van der Waals surface area contributed by atoms with Gasteiger partial charge in [0.05, 0.1) is 25.3 Å². The highest BCUT2D eigenvalue weighted by molar-refractivity contribution is 5.99. The van der Waals surface area contributed by atoms with Crippen molar-refractivity contribution in [3.8, 4) is 5.75 Å². The van der Waals surface area contributed by atoms with Crippen LogP contribution in [0.4, 0.5) is 0 Å². The Bertz CT molecular complexity index is 1060. The Labute approximate surface area is 178 Å². The average molecular weight is 431 g/mol. The van der Waals surface area contributed by atoms with E-state index in [1.165, 1.54) is 11.5 Å². The van der Waals surface area contributed by atoms with E-state index in [1.807, 2.05) is 19.1 Å². The molecule has 3 heterocycles. The molecule has 4 atom stereocenters. The van der Waals surface area contributed by atoms with E-state index in [0.29, 0.717) is 17.4 Å². The molecule has 1 unspecified atom stereocenters. The summed E-state index contributed by atoms with van der Waals surface area (Å²) in [7, 11) is 0. The predicted octanol–water partition coefficient (Wildman–Crippen LogP) is 1.67. The molecule has 0 spiro atoms. The van der Waals surface area contributed by atoms with Gasteiger partial charge in [-0.3, -0.25) is 9.59 Å². The molecule has 166 valence electrons. The van der Waals surface area contributed by atoms with Gasteiger partial charge in [0.15, 0.2) is 17.8 Å². The zero-order valence-corrected chi connectivity index (χ0v) is 17.7. The van der Waals surface area contributed by atoms with Crippen molar-refractivity contribution in [2.24, 2.45) is 0 Å². The van der Waals surface area contributed by atoms with E-state index in [2.05, 4.69) is 0 Å². The number of nitrogens with zero attached hydrogens (tertiary/aromatic N) is 1. The first kappa shape index (κ1) is 21.3. The second kappa shape index (κ2) is 8.68. The molecule has 9 heteroatoms. The molecule has 1 aromatic carbocycles. The molecule has 1 aromatic heterocycles. The number of aromatic nitrogens is 1. The molecular weight excluding hydrogens is 406 g/mol. The summed E-state index contributed by atoms with van der Waals surface area (Å²) < 4.78 is 29.7. The van der Waals surface area contributed by atoms with E-state index >= 15 is 0 Å². The van der Waals surface area contributed by atoms with Crippen LogP contribution in [0.3, 0.4) is 0 Å². The number of carbonyl (C=O) groups excluding carboxylic acids is 2. The second-order valence-corrected chi connectivity index (χ2v) is 7.39. The first-order valence-electron chi connectivity index (χ1n) is 10.4. The van der Waals surface area contributed by atoms with Crippen molar-refractivity contribution in [1.82, 2.24) is 4.57 Å². The van der Waals surface area contributed by atoms with E-state index in [0.717, 1.165) is 0 Å². The van der Waals surface area contributed by atoms with Crippen molar-refractivity contribution < 1.29 is 33.3 Å². The molecular formula is C22H25NO8. The van der Waals surface area contributed by atoms with Gasteiger partial charge in [0.2, 0.25) is 0 Å². The number of carbonyl (C=O) groups is 2. The van der Waals surface area contributed by atoms with Gasteiger partial charge < -0.3 is 28.3 Å². The summed E-state index contributed by atoms with van der Waals surface area (Å²) in [6.45, 7) is 5.71. The summed E-state index contributed by atoms with van der Waals surface area (Å²) >= 11 is 0.